The number of aryl methyl sites for hydroxylation is 1. The van der Waals surface area contributed by atoms with Crippen LogP contribution in [0.4, 0.5) is 11.4 Å². The highest BCUT2D eigenvalue weighted by Gasteiger charge is 2.15. The van der Waals surface area contributed by atoms with Crippen LogP contribution in [0.3, 0.4) is 0 Å². The lowest BCUT2D eigenvalue weighted by atomic mass is 10.1. The van der Waals surface area contributed by atoms with E-state index >= 15 is 0 Å². The minimum Gasteiger partial charge on any atom is -0.471 e. The molecule has 1 amide bonds. The van der Waals surface area contributed by atoms with Crippen LogP contribution >= 0.6 is 0 Å². The van der Waals surface area contributed by atoms with E-state index in [1.165, 1.54) is 6.07 Å². The van der Waals surface area contributed by atoms with Gasteiger partial charge in [-0.2, -0.15) is 0 Å². The van der Waals surface area contributed by atoms with Gasteiger partial charge in [0.1, 0.15) is 6.61 Å². The smallest absolute Gasteiger partial charge is 0.294 e. The number of ether oxygens (including phenoxy) is 1. The first-order chi connectivity index (χ1) is 13.6. The van der Waals surface area contributed by atoms with E-state index in [1.54, 1.807) is 0 Å². The molecular weight excluding hydrogens is 354 g/mol. The van der Waals surface area contributed by atoms with Gasteiger partial charge in [-0.15, -0.1) is 0 Å². The van der Waals surface area contributed by atoms with Crippen molar-refractivity contribution in [3.05, 3.63) is 71.5 Å². The Balaban J connectivity index is 1.63. The molecule has 0 saturated heterocycles. The molecule has 3 rings (SSSR count). The van der Waals surface area contributed by atoms with Gasteiger partial charge in [-0.25, -0.2) is 0 Å². The number of rotatable bonds is 8. The number of benzene rings is 2. The molecule has 2 aromatic carbocycles. The van der Waals surface area contributed by atoms with Crippen molar-refractivity contribution < 1.29 is 14.1 Å². The predicted octanol–water partition coefficient (Wildman–Crippen LogP) is 4.66. The van der Waals surface area contributed by atoms with Crippen LogP contribution < -0.4 is 15.0 Å². The minimum absolute atomic E-state index is 0.107. The average Bonchev–Trinajstić information content (AvgIpc) is 3.19. The standard InChI is InChI=1S/C22H25N3O3/c1-4-25(5-2)18-11-12-19(16(3)13-18)23-22(26)20-14-21(24-28-20)27-15-17-9-7-6-8-10-17/h6-14H,4-5,15H2,1-3H3,(H,23,26). The second kappa shape index (κ2) is 9.08. The molecule has 1 aromatic heterocycles. The van der Waals surface area contributed by atoms with E-state index in [1.807, 2.05) is 49.4 Å². The molecule has 28 heavy (non-hydrogen) atoms. The van der Waals surface area contributed by atoms with Crippen molar-refractivity contribution in [2.24, 2.45) is 0 Å². The molecule has 0 radical (unpaired) electrons. The summed E-state index contributed by atoms with van der Waals surface area (Å²) in [6, 6.07) is 17.2. The monoisotopic (exact) mass is 379 g/mol. The van der Waals surface area contributed by atoms with Crippen LogP contribution in [0, 0.1) is 6.92 Å². The normalized spacial score (nSPS) is 10.5. The van der Waals surface area contributed by atoms with Crippen LogP contribution in [-0.2, 0) is 6.61 Å². The molecule has 1 heterocycles. The summed E-state index contributed by atoms with van der Waals surface area (Å²) in [7, 11) is 0. The third kappa shape index (κ3) is 4.71. The molecule has 0 atom stereocenters. The molecule has 3 aromatic rings. The number of carbonyl (C=O) groups excluding carboxylic acids is 1. The van der Waals surface area contributed by atoms with Crippen LogP contribution in [0.2, 0.25) is 0 Å². The Labute approximate surface area is 165 Å². The van der Waals surface area contributed by atoms with Crippen LogP contribution in [0.15, 0.2) is 59.1 Å². The molecule has 0 bridgehead atoms. The highest BCUT2D eigenvalue weighted by Crippen LogP contribution is 2.23. The van der Waals surface area contributed by atoms with Crippen molar-refractivity contribution in [3.8, 4) is 5.88 Å². The van der Waals surface area contributed by atoms with Crippen LogP contribution in [0.1, 0.15) is 35.5 Å². The number of anilines is 2. The summed E-state index contributed by atoms with van der Waals surface area (Å²) in [5.74, 6) is 0.0265. The van der Waals surface area contributed by atoms with Gasteiger partial charge in [-0.1, -0.05) is 30.3 Å². The molecule has 0 unspecified atom stereocenters. The molecule has 1 N–H and O–H groups in total. The van der Waals surface area contributed by atoms with Crippen molar-refractivity contribution in [3.63, 3.8) is 0 Å². The van der Waals surface area contributed by atoms with Gasteiger partial charge in [0.25, 0.3) is 11.8 Å². The molecule has 0 saturated carbocycles. The Kier molecular flexibility index (Phi) is 6.32. The van der Waals surface area contributed by atoms with Crippen molar-refractivity contribution in [1.82, 2.24) is 5.16 Å². The number of hydrogen-bond acceptors (Lipinski definition) is 5. The Morgan fingerprint density at radius 1 is 1.11 bits per heavy atom. The van der Waals surface area contributed by atoms with Crippen molar-refractivity contribution in [2.45, 2.75) is 27.4 Å². The molecule has 0 fully saturated rings. The van der Waals surface area contributed by atoms with Gasteiger partial charge >= 0.3 is 0 Å². The minimum atomic E-state index is -0.360. The maximum absolute atomic E-state index is 12.5. The first kappa shape index (κ1) is 19.5. The third-order valence-electron chi connectivity index (χ3n) is 4.53. The Morgan fingerprint density at radius 3 is 2.54 bits per heavy atom. The van der Waals surface area contributed by atoms with Crippen molar-refractivity contribution in [1.29, 1.82) is 0 Å². The zero-order chi connectivity index (χ0) is 19.9. The maximum Gasteiger partial charge on any atom is 0.294 e. The summed E-state index contributed by atoms with van der Waals surface area (Å²) in [6.07, 6.45) is 0. The molecule has 6 heteroatoms. The fraction of sp³-hybridized carbons (Fsp3) is 0.273. The van der Waals surface area contributed by atoms with E-state index in [0.29, 0.717) is 6.61 Å². The first-order valence-corrected chi connectivity index (χ1v) is 9.41. The average molecular weight is 379 g/mol. The van der Waals surface area contributed by atoms with Gasteiger partial charge in [-0.3, -0.25) is 4.79 Å². The van der Waals surface area contributed by atoms with Crippen LogP contribution in [-0.4, -0.2) is 24.2 Å². The largest absolute Gasteiger partial charge is 0.471 e. The lowest BCUT2D eigenvalue weighted by Gasteiger charge is -2.22. The van der Waals surface area contributed by atoms with Gasteiger partial charge in [0.15, 0.2) is 0 Å². The summed E-state index contributed by atoms with van der Waals surface area (Å²) >= 11 is 0. The van der Waals surface area contributed by atoms with E-state index in [9.17, 15) is 4.79 Å². The number of aromatic nitrogens is 1. The number of carbonyl (C=O) groups is 1. The van der Waals surface area contributed by atoms with Gasteiger partial charge in [0.2, 0.25) is 5.76 Å². The second-order valence-electron chi connectivity index (χ2n) is 6.43. The first-order valence-electron chi connectivity index (χ1n) is 9.41. The summed E-state index contributed by atoms with van der Waals surface area (Å²) in [5, 5.41) is 6.68. The number of nitrogens with zero attached hydrogens (tertiary/aromatic N) is 2. The number of nitrogens with one attached hydrogen (secondary N) is 1. The van der Waals surface area contributed by atoms with Gasteiger partial charge < -0.3 is 19.5 Å². The highest BCUT2D eigenvalue weighted by atomic mass is 16.5. The second-order valence-corrected chi connectivity index (χ2v) is 6.43. The zero-order valence-electron chi connectivity index (χ0n) is 16.4. The maximum atomic E-state index is 12.5. The fourth-order valence-corrected chi connectivity index (χ4v) is 2.92. The molecule has 0 aliphatic heterocycles. The summed E-state index contributed by atoms with van der Waals surface area (Å²) < 4.78 is 10.7. The van der Waals surface area contributed by atoms with E-state index in [-0.39, 0.29) is 17.5 Å². The van der Waals surface area contributed by atoms with Crippen molar-refractivity contribution in [2.75, 3.05) is 23.3 Å². The quantitative estimate of drug-likeness (QED) is 0.616. The zero-order valence-corrected chi connectivity index (χ0v) is 16.4. The van der Waals surface area contributed by atoms with Crippen LogP contribution in [0.5, 0.6) is 5.88 Å². The van der Waals surface area contributed by atoms with Gasteiger partial charge in [-0.05, 0) is 55.3 Å². The predicted molar refractivity (Wildman–Crippen MR) is 110 cm³/mol. The third-order valence-corrected chi connectivity index (χ3v) is 4.53. The molecule has 0 aliphatic rings. The molecule has 6 nitrogen and oxygen atoms in total. The van der Waals surface area contributed by atoms with Crippen LogP contribution in [0.25, 0.3) is 0 Å². The van der Waals surface area contributed by atoms with E-state index in [2.05, 4.69) is 35.3 Å². The summed E-state index contributed by atoms with van der Waals surface area (Å²) in [6.45, 7) is 8.44. The Hall–Kier alpha value is -3.28. The fourth-order valence-electron chi connectivity index (χ4n) is 2.92. The number of hydrogen-bond donors (Lipinski definition) is 1. The molecule has 0 aliphatic carbocycles. The van der Waals surface area contributed by atoms with Gasteiger partial charge in [0, 0.05) is 24.5 Å². The molecular formula is C22H25N3O3. The molecule has 0 spiro atoms. The highest BCUT2D eigenvalue weighted by molar-refractivity contribution is 6.02. The topological polar surface area (TPSA) is 67.6 Å². The molecule has 146 valence electrons. The summed E-state index contributed by atoms with van der Waals surface area (Å²) in [4.78, 5) is 14.7. The van der Waals surface area contributed by atoms with E-state index in [0.717, 1.165) is 35.6 Å². The number of amides is 1. The lowest BCUT2D eigenvalue weighted by molar-refractivity contribution is 0.0987. The van der Waals surface area contributed by atoms with E-state index < -0.39 is 0 Å². The van der Waals surface area contributed by atoms with E-state index in [4.69, 9.17) is 9.26 Å². The van der Waals surface area contributed by atoms with Gasteiger partial charge in [0.05, 0.1) is 6.07 Å². The summed E-state index contributed by atoms with van der Waals surface area (Å²) in [5.41, 5.74) is 3.87. The van der Waals surface area contributed by atoms with Crippen molar-refractivity contribution >= 4 is 17.3 Å². The lowest BCUT2D eigenvalue weighted by Crippen LogP contribution is -2.22. The SMILES string of the molecule is CCN(CC)c1ccc(NC(=O)c2cc(OCc3ccccc3)no2)c(C)c1. The Bertz CT molecular complexity index is 918. The Morgan fingerprint density at radius 2 is 1.86 bits per heavy atom.